The van der Waals surface area contributed by atoms with E-state index in [0.29, 0.717) is 0 Å². The van der Waals surface area contributed by atoms with E-state index in [9.17, 15) is 4.79 Å². The number of carbonyl (C=O) groups is 1. The number of ketones is 1. The lowest BCUT2D eigenvalue weighted by Crippen LogP contribution is -2.13. The van der Waals surface area contributed by atoms with Gasteiger partial charge in [0.05, 0.1) is 0 Å². The number of benzene rings is 2. The minimum absolute atomic E-state index is 0.00802. The smallest absolute Gasteiger partial charge is 0.170 e. The minimum atomic E-state index is 0.00802. The van der Waals surface area contributed by atoms with Crippen molar-refractivity contribution in [2.24, 2.45) is 5.92 Å². The van der Waals surface area contributed by atoms with E-state index < -0.39 is 0 Å². The SMILES string of the molecule is CC1C=Cc2cc3ccccc3cc2C1=O. The van der Waals surface area contributed by atoms with Crippen molar-refractivity contribution in [3.63, 3.8) is 0 Å². The van der Waals surface area contributed by atoms with E-state index in [1.54, 1.807) is 0 Å². The molecule has 2 aromatic carbocycles. The number of hydrogen-bond acceptors (Lipinski definition) is 1. The zero-order valence-corrected chi connectivity index (χ0v) is 9.10. The van der Waals surface area contributed by atoms with Crippen LogP contribution < -0.4 is 0 Å². The van der Waals surface area contributed by atoms with Crippen LogP contribution >= 0.6 is 0 Å². The quantitative estimate of drug-likeness (QED) is 0.645. The predicted octanol–water partition coefficient (Wildman–Crippen LogP) is 3.69. The fourth-order valence-corrected chi connectivity index (χ4v) is 2.19. The molecule has 16 heavy (non-hydrogen) atoms. The molecule has 1 aliphatic carbocycles. The average molecular weight is 208 g/mol. The van der Waals surface area contributed by atoms with Gasteiger partial charge in [-0.25, -0.2) is 0 Å². The summed E-state index contributed by atoms with van der Waals surface area (Å²) in [5, 5.41) is 2.32. The maximum atomic E-state index is 12.0. The maximum absolute atomic E-state index is 12.0. The topological polar surface area (TPSA) is 17.1 Å². The first-order chi connectivity index (χ1) is 7.75. The molecule has 2 aromatic rings. The van der Waals surface area contributed by atoms with Crippen LogP contribution in [0.15, 0.2) is 42.5 Å². The van der Waals surface area contributed by atoms with Crippen LogP contribution in [0.3, 0.4) is 0 Å². The molecule has 0 fully saturated rings. The number of hydrogen-bond donors (Lipinski definition) is 0. The summed E-state index contributed by atoms with van der Waals surface area (Å²) in [5.41, 5.74) is 1.90. The third-order valence-electron chi connectivity index (χ3n) is 3.16. The Kier molecular flexibility index (Phi) is 1.93. The van der Waals surface area contributed by atoms with Crippen LogP contribution in [0.25, 0.3) is 16.8 Å². The first-order valence-electron chi connectivity index (χ1n) is 5.51. The Hall–Kier alpha value is -1.89. The van der Waals surface area contributed by atoms with E-state index in [2.05, 4.69) is 12.1 Å². The molecular formula is C15H12O. The standard InChI is InChI=1S/C15H12O/c1-10-6-7-13-8-11-4-2-3-5-12(11)9-14(13)15(10)16/h2-10H,1H3. The van der Waals surface area contributed by atoms with E-state index in [4.69, 9.17) is 0 Å². The van der Waals surface area contributed by atoms with E-state index in [0.717, 1.165) is 16.5 Å². The molecule has 0 amide bonds. The molecule has 0 saturated heterocycles. The van der Waals surface area contributed by atoms with Gasteiger partial charge in [0.15, 0.2) is 5.78 Å². The number of fused-ring (bicyclic) bond motifs is 2. The second-order valence-corrected chi connectivity index (χ2v) is 4.30. The molecule has 0 aromatic heterocycles. The second kappa shape index (κ2) is 3.31. The largest absolute Gasteiger partial charge is 0.294 e. The number of carbonyl (C=O) groups excluding carboxylic acids is 1. The van der Waals surface area contributed by atoms with Gasteiger partial charge in [-0.2, -0.15) is 0 Å². The zero-order valence-electron chi connectivity index (χ0n) is 9.10. The Balaban J connectivity index is 2.33. The highest BCUT2D eigenvalue weighted by Crippen LogP contribution is 2.27. The average Bonchev–Trinajstić information content (AvgIpc) is 2.32. The summed E-state index contributed by atoms with van der Waals surface area (Å²) in [6.07, 6.45) is 4.02. The minimum Gasteiger partial charge on any atom is -0.294 e. The summed E-state index contributed by atoms with van der Waals surface area (Å²) in [6.45, 7) is 1.94. The van der Waals surface area contributed by atoms with Crippen LogP contribution in [0.4, 0.5) is 0 Å². The molecule has 0 bridgehead atoms. The van der Waals surface area contributed by atoms with Crippen molar-refractivity contribution in [2.75, 3.05) is 0 Å². The first kappa shape index (κ1) is 9.34. The van der Waals surface area contributed by atoms with Gasteiger partial charge in [-0.05, 0) is 28.5 Å². The molecule has 3 rings (SSSR count). The molecule has 1 atom stereocenters. The Morgan fingerprint density at radius 1 is 1.06 bits per heavy atom. The fraction of sp³-hybridized carbons (Fsp3) is 0.133. The Morgan fingerprint density at radius 2 is 1.75 bits per heavy atom. The highest BCUT2D eigenvalue weighted by Gasteiger charge is 2.19. The highest BCUT2D eigenvalue weighted by molar-refractivity contribution is 6.07. The summed E-state index contributed by atoms with van der Waals surface area (Å²) in [5.74, 6) is 0.233. The third-order valence-corrected chi connectivity index (χ3v) is 3.16. The molecule has 0 heterocycles. The van der Waals surface area contributed by atoms with Gasteiger partial charge < -0.3 is 0 Å². The lowest BCUT2D eigenvalue weighted by atomic mass is 9.88. The van der Waals surface area contributed by atoms with Crippen LogP contribution in [0.1, 0.15) is 22.8 Å². The Morgan fingerprint density at radius 3 is 2.50 bits per heavy atom. The molecule has 1 heteroatoms. The van der Waals surface area contributed by atoms with Gasteiger partial charge in [0.2, 0.25) is 0 Å². The molecule has 1 unspecified atom stereocenters. The van der Waals surface area contributed by atoms with Gasteiger partial charge in [0, 0.05) is 11.5 Å². The molecule has 78 valence electrons. The van der Waals surface area contributed by atoms with Gasteiger partial charge in [0.1, 0.15) is 0 Å². The van der Waals surface area contributed by atoms with Crippen molar-refractivity contribution in [3.05, 3.63) is 53.6 Å². The number of rotatable bonds is 0. The van der Waals surface area contributed by atoms with Gasteiger partial charge in [-0.15, -0.1) is 0 Å². The number of Topliss-reactive ketones (excluding diaryl/α,β-unsaturated/α-hetero) is 1. The van der Waals surface area contributed by atoms with Crippen LogP contribution in [-0.2, 0) is 0 Å². The summed E-state index contributed by atoms with van der Waals surface area (Å²) < 4.78 is 0. The zero-order chi connectivity index (χ0) is 11.1. The lowest BCUT2D eigenvalue weighted by Gasteiger charge is -2.15. The van der Waals surface area contributed by atoms with Crippen molar-refractivity contribution in [1.82, 2.24) is 0 Å². The van der Waals surface area contributed by atoms with Crippen molar-refractivity contribution in [3.8, 4) is 0 Å². The van der Waals surface area contributed by atoms with Gasteiger partial charge in [-0.1, -0.05) is 43.3 Å². The second-order valence-electron chi connectivity index (χ2n) is 4.30. The van der Waals surface area contributed by atoms with E-state index in [-0.39, 0.29) is 11.7 Å². The van der Waals surface area contributed by atoms with Crippen molar-refractivity contribution in [1.29, 1.82) is 0 Å². The Bertz CT molecular complexity index is 608. The van der Waals surface area contributed by atoms with Crippen LogP contribution in [0.5, 0.6) is 0 Å². The van der Waals surface area contributed by atoms with Gasteiger partial charge in [0.25, 0.3) is 0 Å². The third kappa shape index (κ3) is 1.28. The normalized spacial score (nSPS) is 18.8. The van der Waals surface area contributed by atoms with Gasteiger partial charge in [-0.3, -0.25) is 4.79 Å². The molecule has 0 aliphatic heterocycles. The van der Waals surface area contributed by atoms with Gasteiger partial charge >= 0.3 is 0 Å². The molecule has 0 saturated carbocycles. The molecule has 1 aliphatic rings. The molecule has 0 N–H and O–H groups in total. The highest BCUT2D eigenvalue weighted by atomic mass is 16.1. The maximum Gasteiger partial charge on any atom is 0.170 e. The van der Waals surface area contributed by atoms with Crippen LogP contribution in [0, 0.1) is 5.92 Å². The van der Waals surface area contributed by atoms with E-state index in [1.165, 1.54) is 5.39 Å². The van der Waals surface area contributed by atoms with Crippen molar-refractivity contribution in [2.45, 2.75) is 6.92 Å². The molecule has 0 radical (unpaired) electrons. The fourth-order valence-electron chi connectivity index (χ4n) is 2.19. The van der Waals surface area contributed by atoms with E-state index in [1.807, 2.05) is 43.3 Å². The molecular weight excluding hydrogens is 196 g/mol. The summed E-state index contributed by atoms with van der Waals surface area (Å²) >= 11 is 0. The Labute approximate surface area is 94.4 Å². The summed E-state index contributed by atoms with van der Waals surface area (Å²) in [7, 11) is 0. The summed E-state index contributed by atoms with van der Waals surface area (Å²) in [6, 6.07) is 12.2. The number of allylic oxidation sites excluding steroid dienone is 1. The van der Waals surface area contributed by atoms with E-state index >= 15 is 0 Å². The van der Waals surface area contributed by atoms with Crippen LogP contribution in [-0.4, -0.2) is 5.78 Å². The summed E-state index contributed by atoms with van der Waals surface area (Å²) in [4.78, 5) is 12.0. The lowest BCUT2D eigenvalue weighted by molar-refractivity contribution is 0.0952. The predicted molar refractivity (Wildman–Crippen MR) is 66.5 cm³/mol. The van der Waals surface area contributed by atoms with Crippen molar-refractivity contribution >= 4 is 22.6 Å². The van der Waals surface area contributed by atoms with Crippen molar-refractivity contribution < 1.29 is 4.79 Å². The molecule has 1 nitrogen and oxygen atoms in total. The van der Waals surface area contributed by atoms with Crippen LogP contribution in [0.2, 0.25) is 0 Å². The molecule has 0 spiro atoms. The monoisotopic (exact) mass is 208 g/mol. The first-order valence-corrected chi connectivity index (χ1v) is 5.51.